The third-order valence-electron chi connectivity index (χ3n) is 3.42. The molecule has 2 aromatic rings. The van der Waals surface area contributed by atoms with Crippen molar-refractivity contribution in [3.8, 4) is 0 Å². The zero-order valence-corrected chi connectivity index (χ0v) is 18.1. The highest BCUT2D eigenvalue weighted by atomic mass is 127. The van der Waals surface area contributed by atoms with Crippen LogP contribution in [0.4, 0.5) is 11.4 Å². The van der Waals surface area contributed by atoms with E-state index in [0.717, 1.165) is 21.4 Å². The second-order valence-corrected chi connectivity index (χ2v) is 6.43. The lowest BCUT2D eigenvalue weighted by molar-refractivity contribution is -0.116. The van der Waals surface area contributed by atoms with Gasteiger partial charge in [0, 0.05) is 22.3 Å². The summed E-state index contributed by atoms with van der Waals surface area (Å²) in [6.45, 7) is 4.29. The van der Waals surface area contributed by atoms with Crippen molar-refractivity contribution in [2.24, 2.45) is 10.7 Å². The van der Waals surface area contributed by atoms with Crippen molar-refractivity contribution < 1.29 is 4.79 Å². The van der Waals surface area contributed by atoms with E-state index in [1.807, 2.05) is 56.3 Å². The second kappa shape index (κ2) is 10.4. The lowest BCUT2D eigenvalue weighted by Crippen LogP contribution is -2.23. The summed E-state index contributed by atoms with van der Waals surface area (Å²) in [7, 11) is 0. The maximum Gasteiger partial charge on any atom is 0.226 e. The first-order valence-electron chi connectivity index (χ1n) is 7.63. The molecular weight excluding hydrogens is 495 g/mol. The van der Waals surface area contributed by atoms with Gasteiger partial charge in [-0.05, 0) is 43.7 Å². The number of aryl methyl sites for hydroxylation is 2. The van der Waals surface area contributed by atoms with E-state index >= 15 is 0 Å². The van der Waals surface area contributed by atoms with Gasteiger partial charge in [-0.3, -0.25) is 9.79 Å². The van der Waals surface area contributed by atoms with Crippen LogP contribution in [0.1, 0.15) is 17.5 Å². The number of carbonyl (C=O) groups is 1. The van der Waals surface area contributed by atoms with Crippen LogP contribution in [-0.4, -0.2) is 18.4 Å². The van der Waals surface area contributed by atoms with E-state index in [9.17, 15) is 4.79 Å². The van der Waals surface area contributed by atoms with Crippen molar-refractivity contribution in [1.29, 1.82) is 0 Å². The van der Waals surface area contributed by atoms with Crippen LogP contribution >= 0.6 is 39.9 Å². The van der Waals surface area contributed by atoms with Crippen molar-refractivity contribution >= 4 is 63.1 Å². The average molecular weight is 517 g/mol. The Labute approximate surface area is 173 Å². The number of hydrogen-bond acceptors (Lipinski definition) is 2. The summed E-state index contributed by atoms with van der Waals surface area (Å²) in [6, 6.07) is 13.6. The summed E-state index contributed by atoms with van der Waals surface area (Å²) < 4.78 is 0.924. The number of nitrogens with one attached hydrogen (secondary N) is 2. The minimum atomic E-state index is -0.0944. The second-order valence-electron chi connectivity index (χ2n) is 5.52. The van der Waals surface area contributed by atoms with Gasteiger partial charge in [0.15, 0.2) is 5.96 Å². The topological polar surface area (TPSA) is 79.5 Å². The quantitative estimate of drug-likeness (QED) is 0.312. The molecule has 2 rings (SSSR count). The molecule has 0 heterocycles. The van der Waals surface area contributed by atoms with E-state index in [0.29, 0.717) is 12.5 Å². The van der Waals surface area contributed by atoms with Crippen molar-refractivity contribution in [2.75, 3.05) is 17.2 Å². The monoisotopic (exact) mass is 516 g/mol. The first-order valence-corrected chi connectivity index (χ1v) is 8.43. The predicted molar refractivity (Wildman–Crippen MR) is 119 cm³/mol. The summed E-state index contributed by atoms with van der Waals surface area (Å²) in [5.74, 6) is 0.202. The van der Waals surface area contributed by atoms with Crippen LogP contribution in [0.2, 0.25) is 0 Å². The van der Waals surface area contributed by atoms with E-state index in [4.69, 9.17) is 5.73 Å². The number of hydrogen-bond donors (Lipinski definition) is 3. The average Bonchev–Trinajstić information content (AvgIpc) is 2.53. The maximum atomic E-state index is 12.0. The normalized spacial score (nSPS) is 10.8. The predicted octanol–water partition coefficient (Wildman–Crippen LogP) is 4.44. The first kappa shape index (κ1) is 21.4. The Morgan fingerprint density at radius 1 is 1.12 bits per heavy atom. The van der Waals surface area contributed by atoms with E-state index < -0.39 is 0 Å². The number of nitrogens with two attached hydrogens (primary N) is 1. The largest absolute Gasteiger partial charge is 0.370 e. The molecule has 0 aliphatic heterocycles. The number of rotatable bonds is 5. The summed E-state index contributed by atoms with van der Waals surface area (Å²) in [4.78, 5) is 16.2. The molecule has 5 nitrogen and oxygen atoms in total. The SMILES string of the molecule is Cc1ccc(NC(N)=NCCC(=O)Nc2cc(Br)ccc2C)cc1.I. The Kier molecular flexibility index (Phi) is 8.91. The molecular formula is C18H22BrIN4O. The Morgan fingerprint density at radius 2 is 1.80 bits per heavy atom. The molecule has 0 fully saturated rings. The Hall–Kier alpha value is -1.61. The number of halogens is 2. The Balaban J connectivity index is 0.00000312. The Morgan fingerprint density at radius 3 is 2.48 bits per heavy atom. The maximum absolute atomic E-state index is 12.0. The lowest BCUT2D eigenvalue weighted by Gasteiger charge is -2.09. The minimum Gasteiger partial charge on any atom is -0.370 e. The van der Waals surface area contributed by atoms with Gasteiger partial charge < -0.3 is 16.4 Å². The number of benzene rings is 2. The van der Waals surface area contributed by atoms with Crippen LogP contribution in [-0.2, 0) is 4.79 Å². The van der Waals surface area contributed by atoms with Gasteiger partial charge in [-0.2, -0.15) is 0 Å². The summed E-state index contributed by atoms with van der Waals surface area (Å²) in [5.41, 5.74) is 9.68. The van der Waals surface area contributed by atoms with Crippen molar-refractivity contribution in [3.05, 3.63) is 58.1 Å². The highest BCUT2D eigenvalue weighted by Crippen LogP contribution is 2.20. The lowest BCUT2D eigenvalue weighted by atomic mass is 10.2. The van der Waals surface area contributed by atoms with Gasteiger partial charge in [-0.25, -0.2) is 0 Å². The van der Waals surface area contributed by atoms with Crippen LogP contribution < -0.4 is 16.4 Å². The van der Waals surface area contributed by atoms with E-state index in [1.54, 1.807) is 0 Å². The van der Waals surface area contributed by atoms with Crippen molar-refractivity contribution in [3.63, 3.8) is 0 Å². The first-order chi connectivity index (χ1) is 11.4. The van der Waals surface area contributed by atoms with E-state index in [1.165, 1.54) is 5.56 Å². The fourth-order valence-corrected chi connectivity index (χ4v) is 2.40. The molecule has 134 valence electrons. The molecule has 0 saturated heterocycles. The minimum absolute atomic E-state index is 0. The van der Waals surface area contributed by atoms with Gasteiger partial charge in [0.2, 0.25) is 5.91 Å². The number of nitrogens with zero attached hydrogens (tertiary/aromatic N) is 1. The van der Waals surface area contributed by atoms with Crippen LogP contribution in [0.25, 0.3) is 0 Å². The summed E-state index contributed by atoms with van der Waals surface area (Å²) in [6.07, 6.45) is 0.266. The highest BCUT2D eigenvalue weighted by Gasteiger charge is 2.05. The Bertz CT molecular complexity index is 747. The zero-order valence-electron chi connectivity index (χ0n) is 14.2. The molecule has 0 aromatic heterocycles. The van der Waals surface area contributed by atoms with Crippen LogP contribution in [0, 0.1) is 13.8 Å². The van der Waals surface area contributed by atoms with Gasteiger partial charge >= 0.3 is 0 Å². The van der Waals surface area contributed by atoms with Crippen LogP contribution in [0.3, 0.4) is 0 Å². The number of aliphatic imine (C=N–C) groups is 1. The molecule has 0 saturated carbocycles. The van der Waals surface area contributed by atoms with Gasteiger partial charge in [0.25, 0.3) is 0 Å². The molecule has 2 aromatic carbocycles. The number of carbonyl (C=O) groups excluding carboxylic acids is 1. The van der Waals surface area contributed by atoms with E-state index in [-0.39, 0.29) is 36.3 Å². The van der Waals surface area contributed by atoms with Gasteiger partial charge in [0.1, 0.15) is 0 Å². The molecule has 0 aliphatic carbocycles. The summed E-state index contributed by atoms with van der Waals surface area (Å²) in [5, 5.41) is 5.88. The highest BCUT2D eigenvalue weighted by molar-refractivity contribution is 14.0. The molecule has 0 radical (unpaired) electrons. The molecule has 0 bridgehead atoms. The zero-order chi connectivity index (χ0) is 17.5. The van der Waals surface area contributed by atoms with Crippen molar-refractivity contribution in [2.45, 2.75) is 20.3 Å². The van der Waals surface area contributed by atoms with Crippen LogP contribution in [0.15, 0.2) is 51.9 Å². The molecule has 4 N–H and O–H groups in total. The molecule has 0 spiro atoms. The molecule has 0 unspecified atom stereocenters. The summed E-state index contributed by atoms with van der Waals surface area (Å²) >= 11 is 3.40. The number of amides is 1. The van der Waals surface area contributed by atoms with Crippen LogP contribution in [0.5, 0.6) is 0 Å². The third kappa shape index (κ3) is 7.43. The van der Waals surface area contributed by atoms with E-state index in [2.05, 4.69) is 31.6 Å². The fraction of sp³-hybridized carbons (Fsp3) is 0.222. The smallest absolute Gasteiger partial charge is 0.226 e. The third-order valence-corrected chi connectivity index (χ3v) is 3.91. The fourth-order valence-electron chi connectivity index (χ4n) is 2.04. The molecule has 7 heteroatoms. The number of anilines is 2. The van der Waals surface area contributed by atoms with Gasteiger partial charge in [0.05, 0.1) is 6.54 Å². The van der Waals surface area contributed by atoms with Gasteiger partial charge in [-0.1, -0.05) is 39.7 Å². The van der Waals surface area contributed by atoms with Gasteiger partial charge in [-0.15, -0.1) is 24.0 Å². The van der Waals surface area contributed by atoms with Crippen molar-refractivity contribution in [1.82, 2.24) is 0 Å². The molecule has 25 heavy (non-hydrogen) atoms. The molecule has 0 atom stereocenters. The number of guanidine groups is 1. The molecule has 0 aliphatic rings. The molecule has 1 amide bonds. The standard InChI is InChI=1S/C18H21BrN4O.HI/c1-12-3-7-15(8-4-12)22-18(20)21-10-9-17(24)23-16-11-14(19)6-5-13(16)2;/h3-8,11H,9-10H2,1-2H3,(H,23,24)(H3,20,21,22);1H.